The molecule has 3 atom stereocenters. The Labute approximate surface area is 206 Å². The van der Waals surface area contributed by atoms with Gasteiger partial charge in [0, 0.05) is 10.7 Å². The largest absolute Gasteiger partial charge is 0.497 e. The minimum Gasteiger partial charge on any atom is -0.497 e. The SMILES string of the molecule is COc1ccc([C@@H]2[C@@H](C(C)OC(=O)COc3ccc(Cl)cc3)OC(=O)N2c2ccc(F)cc2)cc1. The lowest BCUT2D eigenvalue weighted by Crippen LogP contribution is -2.37. The molecule has 0 bridgehead atoms. The number of ether oxygens (including phenoxy) is 4. The number of hydrogen-bond donors (Lipinski definition) is 0. The maximum atomic E-state index is 13.5. The Balaban J connectivity index is 1.53. The van der Waals surface area contributed by atoms with Gasteiger partial charge in [0.2, 0.25) is 0 Å². The molecule has 1 amide bonds. The molecule has 3 aromatic carbocycles. The summed E-state index contributed by atoms with van der Waals surface area (Å²) in [5, 5.41) is 0.548. The van der Waals surface area contributed by atoms with E-state index in [-0.39, 0.29) is 6.61 Å². The molecule has 1 heterocycles. The highest BCUT2D eigenvalue weighted by molar-refractivity contribution is 6.30. The summed E-state index contributed by atoms with van der Waals surface area (Å²) in [6.45, 7) is 1.31. The predicted octanol–water partition coefficient (Wildman–Crippen LogP) is 5.56. The van der Waals surface area contributed by atoms with Gasteiger partial charge in [0.15, 0.2) is 12.7 Å². The Kier molecular flexibility index (Phi) is 7.41. The number of anilines is 1. The van der Waals surface area contributed by atoms with E-state index in [2.05, 4.69) is 0 Å². The highest BCUT2D eigenvalue weighted by Gasteiger charge is 2.47. The average Bonchev–Trinajstić information content (AvgIpc) is 3.21. The first-order valence-corrected chi connectivity index (χ1v) is 11.2. The summed E-state index contributed by atoms with van der Waals surface area (Å²) < 4.78 is 35.4. The molecule has 9 heteroatoms. The number of esters is 1. The van der Waals surface area contributed by atoms with Crippen LogP contribution in [0.1, 0.15) is 18.5 Å². The monoisotopic (exact) mass is 499 g/mol. The van der Waals surface area contributed by atoms with Crippen molar-refractivity contribution in [3.05, 3.63) is 89.2 Å². The van der Waals surface area contributed by atoms with Gasteiger partial charge in [0.1, 0.15) is 29.5 Å². The third kappa shape index (κ3) is 5.66. The van der Waals surface area contributed by atoms with Crippen molar-refractivity contribution in [3.63, 3.8) is 0 Å². The number of amides is 1. The first-order chi connectivity index (χ1) is 16.9. The second-order valence-corrected chi connectivity index (χ2v) is 8.29. The van der Waals surface area contributed by atoms with E-state index in [1.165, 1.54) is 29.2 Å². The zero-order valence-electron chi connectivity index (χ0n) is 19.0. The minimum absolute atomic E-state index is 0.332. The van der Waals surface area contributed by atoms with Crippen LogP contribution in [-0.4, -0.2) is 38.0 Å². The Morgan fingerprint density at radius 1 is 1.03 bits per heavy atom. The van der Waals surface area contributed by atoms with Gasteiger partial charge in [0.25, 0.3) is 0 Å². The summed E-state index contributed by atoms with van der Waals surface area (Å²) in [6.07, 6.45) is -2.28. The van der Waals surface area contributed by atoms with Crippen molar-refractivity contribution in [3.8, 4) is 11.5 Å². The Bertz CT molecular complexity index is 1170. The van der Waals surface area contributed by atoms with Gasteiger partial charge in [-0.2, -0.15) is 0 Å². The van der Waals surface area contributed by atoms with Crippen LogP contribution in [0.25, 0.3) is 0 Å². The van der Waals surface area contributed by atoms with Crippen LogP contribution >= 0.6 is 11.6 Å². The molecule has 0 saturated carbocycles. The maximum Gasteiger partial charge on any atom is 0.415 e. The molecule has 1 aliphatic heterocycles. The fourth-order valence-corrected chi connectivity index (χ4v) is 3.97. The zero-order chi connectivity index (χ0) is 24.9. The lowest BCUT2D eigenvalue weighted by Gasteiger charge is -2.28. The molecule has 0 N–H and O–H groups in total. The molecule has 1 unspecified atom stereocenters. The quantitative estimate of drug-likeness (QED) is 0.377. The lowest BCUT2D eigenvalue weighted by molar-refractivity contribution is -0.155. The topological polar surface area (TPSA) is 74.3 Å². The number of halogens is 2. The van der Waals surface area contributed by atoms with Crippen molar-refractivity contribution in [2.45, 2.75) is 25.2 Å². The van der Waals surface area contributed by atoms with E-state index in [0.29, 0.717) is 22.2 Å². The van der Waals surface area contributed by atoms with E-state index < -0.39 is 36.1 Å². The Hall–Kier alpha value is -3.78. The number of benzene rings is 3. The lowest BCUT2D eigenvalue weighted by atomic mass is 9.97. The van der Waals surface area contributed by atoms with E-state index in [9.17, 15) is 14.0 Å². The third-order valence-corrected chi connectivity index (χ3v) is 5.79. The average molecular weight is 500 g/mol. The summed E-state index contributed by atoms with van der Waals surface area (Å²) in [5.74, 6) is 0.0478. The van der Waals surface area contributed by atoms with E-state index >= 15 is 0 Å². The molecule has 1 aliphatic rings. The fourth-order valence-electron chi connectivity index (χ4n) is 3.84. The van der Waals surface area contributed by atoms with Crippen LogP contribution in [0.4, 0.5) is 14.9 Å². The number of carbonyl (C=O) groups excluding carboxylic acids is 2. The van der Waals surface area contributed by atoms with Crippen molar-refractivity contribution in [1.82, 2.24) is 0 Å². The summed E-state index contributed by atoms with van der Waals surface area (Å²) in [5.41, 5.74) is 1.18. The number of cyclic esters (lactones) is 1. The van der Waals surface area contributed by atoms with Crippen molar-refractivity contribution in [2.24, 2.45) is 0 Å². The molecular weight excluding hydrogens is 477 g/mol. The third-order valence-electron chi connectivity index (χ3n) is 5.54. The minimum atomic E-state index is -0.833. The number of nitrogens with zero attached hydrogens (tertiary/aromatic N) is 1. The van der Waals surface area contributed by atoms with Gasteiger partial charge >= 0.3 is 12.1 Å². The van der Waals surface area contributed by atoms with Gasteiger partial charge in [-0.3, -0.25) is 4.90 Å². The predicted molar refractivity (Wildman–Crippen MR) is 127 cm³/mol. The van der Waals surface area contributed by atoms with Crippen LogP contribution in [-0.2, 0) is 14.3 Å². The molecular formula is C26H23ClFNO6. The van der Waals surface area contributed by atoms with Crippen LogP contribution in [0.15, 0.2) is 72.8 Å². The second-order valence-electron chi connectivity index (χ2n) is 7.85. The van der Waals surface area contributed by atoms with Gasteiger partial charge in [-0.05, 0) is 73.2 Å². The summed E-state index contributed by atoms with van der Waals surface area (Å²) in [7, 11) is 1.55. The van der Waals surface area contributed by atoms with Gasteiger partial charge in [0.05, 0.1) is 7.11 Å². The van der Waals surface area contributed by atoms with Crippen molar-refractivity contribution in [2.75, 3.05) is 18.6 Å². The summed E-state index contributed by atoms with van der Waals surface area (Å²) in [4.78, 5) is 26.8. The normalized spacial score (nSPS) is 18.1. The Morgan fingerprint density at radius 2 is 1.66 bits per heavy atom. The molecule has 0 aromatic heterocycles. The van der Waals surface area contributed by atoms with Crippen molar-refractivity contribution >= 4 is 29.4 Å². The zero-order valence-corrected chi connectivity index (χ0v) is 19.8. The maximum absolute atomic E-state index is 13.5. The standard InChI is InChI=1S/C26H23ClFNO6/c1-16(34-23(30)15-33-22-13-5-18(27)6-14-22)25-24(17-3-11-21(32-2)12-4-17)29(26(31)35-25)20-9-7-19(28)8-10-20/h3-14,16,24-25H,15H2,1-2H3/t16?,24-,25-/m1/s1. The molecule has 0 radical (unpaired) electrons. The number of carbonyl (C=O) groups is 2. The number of methoxy groups -OCH3 is 1. The highest BCUT2D eigenvalue weighted by atomic mass is 35.5. The van der Waals surface area contributed by atoms with Gasteiger partial charge in [-0.15, -0.1) is 0 Å². The second kappa shape index (κ2) is 10.7. The number of hydrogen-bond acceptors (Lipinski definition) is 6. The van der Waals surface area contributed by atoms with Gasteiger partial charge in [-0.1, -0.05) is 23.7 Å². The first kappa shape index (κ1) is 24.3. The van der Waals surface area contributed by atoms with Crippen LogP contribution in [0.5, 0.6) is 11.5 Å². The van der Waals surface area contributed by atoms with Gasteiger partial charge in [-0.25, -0.2) is 14.0 Å². The van der Waals surface area contributed by atoms with Crippen LogP contribution < -0.4 is 14.4 Å². The highest BCUT2D eigenvalue weighted by Crippen LogP contribution is 2.40. The molecule has 182 valence electrons. The van der Waals surface area contributed by atoms with Crippen molar-refractivity contribution < 1.29 is 32.9 Å². The molecule has 0 aliphatic carbocycles. The van der Waals surface area contributed by atoms with Crippen molar-refractivity contribution in [1.29, 1.82) is 0 Å². The van der Waals surface area contributed by atoms with Crippen LogP contribution in [0.2, 0.25) is 5.02 Å². The van der Waals surface area contributed by atoms with Crippen LogP contribution in [0.3, 0.4) is 0 Å². The fraction of sp³-hybridized carbons (Fsp3) is 0.231. The molecule has 1 fully saturated rings. The smallest absolute Gasteiger partial charge is 0.415 e. The van der Waals surface area contributed by atoms with E-state index in [1.807, 2.05) is 0 Å². The molecule has 0 spiro atoms. The molecule has 1 saturated heterocycles. The summed E-state index contributed by atoms with van der Waals surface area (Å²) >= 11 is 5.85. The number of rotatable bonds is 8. The molecule has 35 heavy (non-hydrogen) atoms. The van der Waals surface area contributed by atoms with E-state index in [0.717, 1.165) is 5.56 Å². The summed E-state index contributed by atoms with van der Waals surface area (Å²) in [6, 6.07) is 18.5. The molecule has 4 rings (SSSR count). The molecule has 7 nitrogen and oxygen atoms in total. The first-order valence-electron chi connectivity index (χ1n) is 10.8. The van der Waals surface area contributed by atoms with Crippen LogP contribution in [0, 0.1) is 5.82 Å². The van der Waals surface area contributed by atoms with E-state index in [4.69, 9.17) is 30.5 Å². The van der Waals surface area contributed by atoms with Gasteiger partial charge < -0.3 is 18.9 Å². The molecule has 3 aromatic rings. The Morgan fingerprint density at radius 3 is 2.29 bits per heavy atom. The van der Waals surface area contributed by atoms with E-state index in [1.54, 1.807) is 62.6 Å².